The van der Waals surface area contributed by atoms with E-state index in [1.165, 1.54) is 30.8 Å². The number of aryl methyl sites for hydroxylation is 1. The Morgan fingerprint density at radius 2 is 2.14 bits per heavy atom. The van der Waals surface area contributed by atoms with Gasteiger partial charge in [0.2, 0.25) is 0 Å². The molecule has 4 fully saturated rings. The highest BCUT2D eigenvalue weighted by Crippen LogP contribution is 2.44. The van der Waals surface area contributed by atoms with Crippen LogP contribution in [0, 0.1) is 5.92 Å². The van der Waals surface area contributed by atoms with Crippen LogP contribution in [0.5, 0.6) is 0 Å². The maximum atomic E-state index is 12.4. The highest BCUT2D eigenvalue weighted by molar-refractivity contribution is 7.16. The van der Waals surface area contributed by atoms with Gasteiger partial charge in [0.05, 0.1) is 6.54 Å². The van der Waals surface area contributed by atoms with Crippen molar-refractivity contribution in [2.45, 2.75) is 38.2 Å². The van der Waals surface area contributed by atoms with E-state index in [1.807, 2.05) is 4.90 Å². The monoisotopic (exact) mass is 306 g/mol. The quantitative estimate of drug-likeness (QED) is 0.860. The van der Waals surface area contributed by atoms with Gasteiger partial charge in [0, 0.05) is 17.3 Å². The summed E-state index contributed by atoms with van der Waals surface area (Å²) >= 11 is 1.74. The van der Waals surface area contributed by atoms with Crippen LogP contribution in [0.2, 0.25) is 0 Å². The van der Waals surface area contributed by atoms with Crippen LogP contribution in [0.25, 0.3) is 0 Å². The Morgan fingerprint density at radius 1 is 1.33 bits per heavy atom. The minimum Gasteiger partial charge on any atom is -0.439 e. The molecule has 4 aliphatic rings. The molecular formula is C16H22N2O2S. The standard InChI is InChI=1S/C16H22N2O2S/c1-2-3-13-4-5-14(21-13)18-11-16(20-15(18)19)10-17-8-6-12(16)7-9-17/h4-5,12H,2-3,6-11H2,1H3/t16-/m1/s1. The summed E-state index contributed by atoms with van der Waals surface area (Å²) in [7, 11) is 0. The lowest BCUT2D eigenvalue weighted by Crippen LogP contribution is -2.61. The number of rotatable bonds is 3. The Balaban J connectivity index is 1.56. The Hall–Kier alpha value is -1.07. The first-order chi connectivity index (χ1) is 10.2. The summed E-state index contributed by atoms with van der Waals surface area (Å²) in [6.45, 7) is 6.19. The molecule has 114 valence electrons. The first kappa shape index (κ1) is 13.6. The maximum absolute atomic E-state index is 12.4. The number of nitrogens with zero attached hydrogens (tertiary/aromatic N) is 2. The molecule has 21 heavy (non-hydrogen) atoms. The third-order valence-corrected chi connectivity index (χ3v) is 6.34. The highest BCUT2D eigenvalue weighted by atomic mass is 32.1. The van der Waals surface area contributed by atoms with Crippen molar-refractivity contribution in [1.82, 2.24) is 4.90 Å². The Morgan fingerprint density at radius 3 is 2.81 bits per heavy atom. The fourth-order valence-electron chi connectivity index (χ4n) is 4.07. The second-order valence-electron chi connectivity index (χ2n) is 6.56. The van der Waals surface area contributed by atoms with Crippen LogP contribution in [0.3, 0.4) is 0 Å². The third-order valence-electron chi connectivity index (χ3n) is 5.17. The van der Waals surface area contributed by atoms with Crippen molar-refractivity contribution in [3.63, 3.8) is 0 Å². The molecule has 4 aliphatic heterocycles. The topological polar surface area (TPSA) is 32.8 Å². The number of ether oxygens (including phenoxy) is 1. The lowest BCUT2D eigenvalue weighted by molar-refractivity contribution is -0.0881. The van der Waals surface area contributed by atoms with Crippen LogP contribution in [-0.4, -0.2) is 42.8 Å². The number of hydrogen-bond acceptors (Lipinski definition) is 4. The summed E-state index contributed by atoms with van der Waals surface area (Å²) in [5.41, 5.74) is -0.248. The average molecular weight is 306 g/mol. The van der Waals surface area contributed by atoms with Gasteiger partial charge in [-0.25, -0.2) is 4.79 Å². The molecule has 0 aromatic carbocycles. The molecule has 1 aromatic heterocycles. The lowest BCUT2D eigenvalue weighted by Gasteiger charge is -2.49. The Bertz CT molecular complexity index is 550. The van der Waals surface area contributed by atoms with E-state index in [2.05, 4.69) is 24.0 Å². The van der Waals surface area contributed by atoms with Crippen molar-refractivity contribution in [3.05, 3.63) is 17.0 Å². The summed E-state index contributed by atoms with van der Waals surface area (Å²) in [4.78, 5) is 18.1. The molecule has 1 aromatic rings. The lowest BCUT2D eigenvalue weighted by atomic mass is 9.75. The molecule has 5 heteroatoms. The fraction of sp³-hybridized carbons (Fsp3) is 0.688. The summed E-state index contributed by atoms with van der Waals surface area (Å²) in [5, 5.41) is 1.05. The predicted octanol–water partition coefficient (Wildman–Crippen LogP) is 3.12. The van der Waals surface area contributed by atoms with E-state index in [9.17, 15) is 4.79 Å². The van der Waals surface area contributed by atoms with Gasteiger partial charge in [-0.05, 0) is 44.5 Å². The molecule has 1 atom stereocenters. The number of anilines is 1. The van der Waals surface area contributed by atoms with Crippen molar-refractivity contribution in [2.24, 2.45) is 5.92 Å². The number of amides is 1. The first-order valence-corrected chi connectivity index (χ1v) is 8.83. The van der Waals surface area contributed by atoms with Gasteiger partial charge in [0.25, 0.3) is 0 Å². The average Bonchev–Trinajstić information content (AvgIpc) is 3.06. The molecule has 0 saturated carbocycles. The number of fused-ring (bicyclic) bond motifs is 2. The van der Waals surface area contributed by atoms with Crippen molar-refractivity contribution < 1.29 is 9.53 Å². The molecule has 0 aliphatic carbocycles. The zero-order valence-corrected chi connectivity index (χ0v) is 13.3. The number of carbonyl (C=O) groups excluding carboxylic acids is 1. The molecule has 0 N–H and O–H groups in total. The molecule has 1 spiro atoms. The Labute approximate surface area is 129 Å². The molecule has 4 saturated heterocycles. The molecule has 0 unspecified atom stereocenters. The van der Waals surface area contributed by atoms with Crippen LogP contribution in [0.15, 0.2) is 12.1 Å². The van der Waals surface area contributed by atoms with Gasteiger partial charge in [-0.3, -0.25) is 9.80 Å². The van der Waals surface area contributed by atoms with Crippen molar-refractivity contribution >= 4 is 22.4 Å². The van der Waals surface area contributed by atoms with Gasteiger partial charge >= 0.3 is 6.09 Å². The zero-order valence-electron chi connectivity index (χ0n) is 12.5. The van der Waals surface area contributed by atoms with Gasteiger partial charge in [0.1, 0.15) is 10.6 Å². The van der Waals surface area contributed by atoms with Crippen LogP contribution >= 0.6 is 11.3 Å². The molecular weight excluding hydrogens is 284 g/mol. The minimum atomic E-state index is -0.248. The highest BCUT2D eigenvalue weighted by Gasteiger charge is 2.55. The van der Waals surface area contributed by atoms with E-state index in [1.54, 1.807) is 11.3 Å². The third kappa shape index (κ3) is 2.18. The van der Waals surface area contributed by atoms with Gasteiger partial charge in [-0.1, -0.05) is 13.3 Å². The zero-order chi connectivity index (χ0) is 14.4. The van der Waals surface area contributed by atoms with Crippen molar-refractivity contribution in [2.75, 3.05) is 31.1 Å². The minimum absolute atomic E-state index is 0.145. The van der Waals surface area contributed by atoms with E-state index in [4.69, 9.17) is 4.74 Å². The van der Waals surface area contributed by atoms with Gasteiger partial charge in [-0.15, -0.1) is 11.3 Å². The van der Waals surface area contributed by atoms with Gasteiger partial charge < -0.3 is 4.74 Å². The number of thiophene rings is 1. The Kier molecular flexibility index (Phi) is 3.23. The van der Waals surface area contributed by atoms with Crippen LogP contribution < -0.4 is 4.90 Å². The summed E-state index contributed by atoms with van der Waals surface area (Å²) in [6.07, 6.45) is 4.44. The molecule has 5 heterocycles. The van der Waals surface area contributed by atoms with Crippen LogP contribution in [-0.2, 0) is 11.2 Å². The summed E-state index contributed by atoms with van der Waals surface area (Å²) < 4.78 is 5.91. The number of carbonyl (C=O) groups is 1. The second-order valence-corrected chi connectivity index (χ2v) is 7.71. The predicted molar refractivity (Wildman–Crippen MR) is 84.0 cm³/mol. The normalized spacial score (nSPS) is 34.7. The first-order valence-electron chi connectivity index (χ1n) is 8.02. The number of piperidine rings is 3. The molecule has 1 amide bonds. The van der Waals surface area contributed by atoms with Gasteiger partial charge in [-0.2, -0.15) is 0 Å². The molecule has 5 rings (SSSR count). The largest absolute Gasteiger partial charge is 0.439 e. The SMILES string of the molecule is CCCc1ccc(N2C[C@@]3(CN4CCC3CC4)OC2=O)s1. The van der Waals surface area contributed by atoms with E-state index in [-0.39, 0.29) is 11.7 Å². The summed E-state index contributed by atoms with van der Waals surface area (Å²) in [6, 6.07) is 4.23. The maximum Gasteiger partial charge on any atom is 0.415 e. The van der Waals surface area contributed by atoms with Crippen LogP contribution in [0.1, 0.15) is 31.1 Å². The van der Waals surface area contributed by atoms with E-state index in [0.29, 0.717) is 5.92 Å². The summed E-state index contributed by atoms with van der Waals surface area (Å²) in [5.74, 6) is 0.548. The molecule has 0 radical (unpaired) electrons. The fourth-order valence-corrected chi connectivity index (χ4v) is 5.17. The van der Waals surface area contributed by atoms with Gasteiger partial charge in [0.15, 0.2) is 0 Å². The van der Waals surface area contributed by atoms with Crippen LogP contribution in [0.4, 0.5) is 9.80 Å². The van der Waals surface area contributed by atoms with Crippen molar-refractivity contribution in [1.29, 1.82) is 0 Å². The van der Waals surface area contributed by atoms with E-state index >= 15 is 0 Å². The smallest absolute Gasteiger partial charge is 0.415 e. The van der Waals surface area contributed by atoms with Crippen molar-refractivity contribution in [3.8, 4) is 0 Å². The second kappa shape index (κ2) is 4.99. The van der Waals surface area contributed by atoms with E-state index in [0.717, 1.165) is 30.9 Å². The molecule has 2 bridgehead atoms. The number of hydrogen-bond donors (Lipinski definition) is 0. The van der Waals surface area contributed by atoms with E-state index < -0.39 is 0 Å². The molecule has 4 nitrogen and oxygen atoms in total.